The van der Waals surface area contributed by atoms with Gasteiger partial charge < -0.3 is 19.3 Å². The first-order valence-electron chi connectivity index (χ1n) is 10.6. The van der Waals surface area contributed by atoms with Crippen LogP contribution in [0.4, 0.5) is 0 Å². The third kappa shape index (κ3) is 5.38. The maximum atomic E-state index is 12.8. The van der Waals surface area contributed by atoms with Gasteiger partial charge in [0.1, 0.15) is 0 Å². The number of hydrogen-bond acceptors (Lipinski definition) is 6. The lowest BCUT2D eigenvalue weighted by atomic mass is 9.98. The molecule has 0 aliphatic carbocycles. The molecule has 0 aliphatic rings. The molecule has 0 radical (unpaired) electrons. The van der Waals surface area contributed by atoms with E-state index in [9.17, 15) is 4.79 Å². The van der Waals surface area contributed by atoms with Crippen molar-refractivity contribution < 1.29 is 18.8 Å². The molecule has 33 heavy (non-hydrogen) atoms. The molecule has 4 rings (SSSR count). The summed E-state index contributed by atoms with van der Waals surface area (Å²) < 4.78 is 15.9. The normalized spacial score (nSPS) is 10.8. The molecular weight excluding hydrogens is 418 g/mol. The molecule has 7 heteroatoms. The highest BCUT2D eigenvalue weighted by Gasteiger charge is 2.18. The van der Waals surface area contributed by atoms with Gasteiger partial charge in [-0.2, -0.15) is 4.98 Å². The number of nitrogens with one attached hydrogen (secondary N) is 1. The Labute approximate surface area is 192 Å². The standard InChI is InChI=1S/C26H25N3O4/c1-31-21-14-13-20(17-22(21)32-2)26-28-24(33-29-26)16-15-23(30)27-25(18-9-5-3-6-10-18)19-11-7-4-8-12-19/h3-14,17,25H,15-16H2,1-2H3,(H,27,30). The summed E-state index contributed by atoms with van der Waals surface area (Å²) >= 11 is 0. The number of rotatable bonds is 9. The van der Waals surface area contributed by atoms with Crippen LogP contribution in [-0.2, 0) is 11.2 Å². The Bertz CT molecular complexity index is 1150. The van der Waals surface area contributed by atoms with E-state index in [1.165, 1.54) is 0 Å². The molecule has 0 saturated heterocycles. The van der Waals surface area contributed by atoms with Gasteiger partial charge in [0.25, 0.3) is 0 Å². The lowest BCUT2D eigenvalue weighted by molar-refractivity contribution is -0.121. The largest absolute Gasteiger partial charge is 0.493 e. The summed E-state index contributed by atoms with van der Waals surface area (Å²) in [7, 11) is 3.15. The lowest BCUT2D eigenvalue weighted by Gasteiger charge is -2.19. The molecule has 1 amide bonds. The Morgan fingerprint density at radius 1 is 0.909 bits per heavy atom. The Kier molecular flexibility index (Phi) is 6.99. The summed E-state index contributed by atoms with van der Waals surface area (Å²) in [5, 5.41) is 7.16. The molecule has 0 spiro atoms. The Hall–Kier alpha value is -4.13. The van der Waals surface area contributed by atoms with E-state index in [1.807, 2.05) is 66.7 Å². The van der Waals surface area contributed by atoms with E-state index in [4.69, 9.17) is 14.0 Å². The fraction of sp³-hybridized carbons (Fsp3) is 0.192. The van der Waals surface area contributed by atoms with Crippen molar-refractivity contribution in [3.05, 3.63) is 95.9 Å². The van der Waals surface area contributed by atoms with Crippen LogP contribution in [0.5, 0.6) is 11.5 Å². The van der Waals surface area contributed by atoms with E-state index in [0.29, 0.717) is 29.6 Å². The zero-order valence-electron chi connectivity index (χ0n) is 18.5. The summed E-state index contributed by atoms with van der Waals surface area (Å²) in [5.41, 5.74) is 2.77. The summed E-state index contributed by atoms with van der Waals surface area (Å²) in [6.45, 7) is 0. The number of amides is 1. The van der Waals surface area contributed by atoms with Crippen molar-refractivity contribution >= 4 is 5.91 Å². The highest BCUT2D eigenvalue weighted by Crippen LogP contribution is 2.31. The van der Waals surface area contributed by atoms with Crippen LogP contribution in [0.3, 0.4) is 0 Å². The van der Waals surface area contributed by atoms with Crippen molar-refractivity contribution in [2.24, 2.45) is 0 Å². The molecule has 7 nitrogen and oxygen atoms in total. The van der Waals surface area contributed by atoms with Crippen LogP contribution in [0.15, 0.2) is 83.4 Å². The number of aromatic nitrogens is 2. The average Bonchev–Trinajstić information content (AvgIpc) is 3.36. The van der Waals surface area contributed by atoms with Gasteiger partial charge in [-0.3, -0.25) is 4.79 Å². The van der Waals surface area contributed by atoms with Crippen LogP contribution < -0.4 is 14.8 Å². The molecule has 1 heterocycles. The van der Waals surface area contributed by atoms with Crippen molar-refractivity contribution in [1.82, 2.24) is 15.5 Å². The molecule has 0 bridgehead atoms. The fourth-order valence-electron chi connectivity index (χ4n) is 3.55. The minimum absolute atomic E-state index is 0.0985. The van der Waals surface area contributed by atoms with Crippen LogP contribution in [-0.4, -0.2) is 30.3 Å². The van der Waals surface area contributed by atoms with Crippen molar-refractivity contribution in [3.8, 4) is 22.9 Å². The van der Waals surface area contributed by atoms with Gasteiger partial charge in [-0.15, -0.1) is 0 Å². The summed E-state index contributed by atoms with van der Waals surface area (Å²) in [6.07, 6.45) is 0.562. The number of hydrogen-bond donors (Lipinski definition) is 1. The maximum absolute atomic E-state index is 12.8. The number of benzene rings is 3. The predicted octanol–water partition coefficient (Wildman–Crippen LogP) is 4.59. The van der Waals surface area contributed by atoms with E-state index in [-0.39, 0.29) is 18.4 Å². The Morgan fingerprint density at radius 3 is 2.15 bits per heavy atom. The number of carbonyl (C=O) groups is 1. The monoisotopic (exact) mass is 443 g/mol. The van der Waals surface area contributed by atoms with Crippen molar-refractivity contribution in [3.63, 3.8) is 0 Å². The molecule has 0 atom stereocenters. The number of nitrogens with zero attached hydrogens (tertiary/aromatic N) is 2. The highest BCUT2D eigenvalue weighted by atomic mass is 16.5. The Balaban J connectivity index is 1.42. The third-order valence-corrected chi connectivity index (χ3v) is 5.25. The minimum atomic E-state index is -0.232. The van der Waals surface area contributed by atoms with Gasteiger partial charge in [-0.25, -0.2) is 0 Å². The van der Waals surface area contributed by atoms with E-state index in [2.05, 4.69) is 15.5 Å². The number of aryl methyl sites for hydroxylation is 1. The zero-order valence-corrected chi connectivity index (χ0v) is 18.5. The van der Waals surface area contributed by atoms with Crippen LogP contribution >= 0.6 is 0 Å². The second-order valence-electron chi connectivity index (χ2n) is 7.40. The molecule has 1 aromatic heterocycles. The van der Waals surface area contributed by atoms with Crippen LogP contribution in [0.1, 0.15) is 29.5 Å². The van der Waals surface area contributed by atoms with Gasteiger partial charge >= 0.3 is 0 Å². The number of ether oxygens (including phenoxy) is 2. The minimum Gasteiger partial charge on any atom is -0.493 e. The SMILES string of the molecule is COc1ccc(-c2noc(CCC(=O)NC(c3ccccc3)c3ccccc3)n2)cc1OC. The van der Waals surface area contributed by atoms with Gasteiger partial charge in [-0.05, 0) is 29.3 Å². The van der Waals surface area contributed by atoms with Gasteiger partial charge in [-0.1, -0.05) is 65.8 Å². The Morgan fingerprint density at radius 2 is 1.55 bits per heavy atom. The zero-order chi connectivity index (χ0) is 23.0. The van der Waals surface area contributed by atoms with Crippen LogP contribution in [0, 0.1) is 0 Å². The number of methoxy groups -OCH3 is 2. The van der Waals surface area contributed by atoms with Crippen molar-refractivity contribution in [2.45, 2.75) is 18.9 Å². The summed E-state index contributed by atoms with van der Waals surface area (Å²) in [4.78, 5) is 17.2. The van der Waals surface area contributed by atoms with E-state index in [0.717, 1.165) is 16.7 Å². The molecule has 0 fully saturated rings. The number of carbonyl (C=O) groups excluding carboxylic acids is 1. The fourth-order valence-corrected chi connectivity index (χ4v) is 3.55. The second kappa shape index (κ2) is 10.5. The molecule has 0 aliphatic heterocycles. The van der Waals surface area contributed by atoms with Gasteiger partial charge in [0.2, 0.25) is 17.6 Å². The molecule has 4 aromatic rings. The van der Waals surface area contributed by atoms with Gasteiger partial charge in [0.15, 0.2) is 11.5 Å². The molecule has 1 N–H and O–H groups in total. The summed E-state index contributed by atoms with van der Waals surface area (Å²) in [5.74, 6) is 1.92. The van der Waals surface area contributed by atoms with E-state index in [1.54, 1.807) is 26.4 Å². The highest BCUT2D eigenvalue weighted by molar-refractivity contribution is 5.77. The molecular formula is C26H25N3O4. The molecule has 3 aromatic carbocycles. The van der Waals surface area contributed by atoms with Crippen molar-refractivity contribution in [1.29, 1.82) is 0 Å². The molecule has 0 saturated carbocycles. The quantitative estimate of drug-likeness (QED) is 0.407. The van der Waals surface area contributed by atoms with Crippen LogP contribution in [0.25, 0.3) is 11.4 Å². The first-order chi connectivity index (χ1) is 16.2. The smallest absolute Gasteiger partial charge is 0.227 e. The lowest BCUT2D eigenvalue weighted by Crippen LogP contribution is -2.29. The first kappa shape index (κ1) is 22.1. The predicted molar refractivity (Wildman–Crippen MR) is 124 cm³/mol. The van der Waals surface area contributed by atoms with Gasteiger partial charge in [0.05, 0.1) is 20.3 Å². The van der Waals surface area contributed by atoms with Crippen molar-refractivity contribution in [2.75, 3.05) is 14.2 Å². The molecule has 168 valence electrons. The summed E-state index contributed by atoms with van der Waals surface area (Å²) in [6, 6.07) is 25.0. The third-order valence-electron chi connectivity index (χ3n) is 5.25. The first-order valence-corrected chi connectivity index (χ1v) is 10.6. The second-order valence-corrected chi connectivity index (χ2v) is 7.40. The average molecular weight is 444 g/mol. The van der Waals surface area contributed by atoms with E-state index >= 15 is 0 Å². The maximum Gasteiger partial charge on any atom is 0.227 e. The van der Waals surface area contributed by atoms with Gasteiger partial charge in [0, 0.05) is 18.4 Å². The molecule has 0 unspecified atom stereocenters. The van der Waals surface area contributed by atoms with E-state index < -0.39 is 0 Å². The van der Waals surface area contributed by atoms with Crippen LogP contribution in [0.2, 0.25) is 0 Å². The topological polar surface area (TPSA) is 86.5 Å².